The minimum Gasteiger partial charge on any atom is -0.316 e. The van der Waals surface area contributed by atoms with E-state index in [2.05, 4.69) is 17.1 Å². The number of nitrogens with one attached hydrogen (secondary N) is 1. The molecule has 2 aliphatic heterocycles. The fraction of sp³-hybridized carbons (Fsp3) is 1.00. The van der Waals surface area contributed by atoms with E-state index in [9.17, 15) is 0 Å². The van der Waals surface area contributed by atoms with Crippen molar-refractivity contribution in [2.24, 2.45) is 10.8 Å². The molecule has 0 amide bonds. The van der Waals surface area contributed by atoms with Gasteiger partial charge in [-0.15, -0.1) is 12.4 Å². The van der Waals surface area contributed by atoms with Gasteiger partial charge >= 0.3 is 0 Å². The van der Waals surface area contributed by atoms with Crippen molar-refractivity contribution in [1.29, 1.82) is 0 Å². The zero-order chi connectivity index (χ0) is 9.65. The second kappa shape index (κ2) is 3.90. The number of hydrogen-bond acceptors (Lipinski definition) is 2. The van der Waals surface area contributed by atoms with Crippen LogP contribution in [0, 0.1) is 10.8 Å². The summed E-state index contributed by atoms with van der Waals surface area (Å²) in [6, 6.07) is 0. The van der Waals surface area contributed by atoms with Crippen molar-refractivity contribution in [1.82, 2.24) is 10.2 Å². The van der Waals surface area contributed by atoms with Gasteiger partial charge in [-0.25, -0.2) is 0 Å². The van der Waals surface area contributed by atoms with Crippen molar-refractivity contribution in [3.05, 3.63) is 0 Å². The summed E-state index contributed by atoms with van der Waals surface area (Å²) in [5.41, 5.74) is 1.38. The monoisotopic (exact) mass is 230 g/mol. The molecule has 1 atom stereocenters. The Bertz CT molecular complexity index is 232. The topological polar surface area (TPSA) is 15.3 Å². The second-order valence-corrected chi connectivity index (χ2v) is 6.20. The van der Waals surface area contributed by atoms with Gasteiger partial charge in [0.1, 0.15) is 0 Å². The first-order valence-corrected chi connectivity index (χ1v) is 6.13. The zero-order valence-electron chi connectivity index (χ0n) is 9.72. The van der Waals surface area contributed by atoms with Crippen LogP contribution in [0.2, 0.25) is 0 Å². The van der Waals surface area contributed by atoms with Crippen molar-refractivity contribution in [2.75, 3.05) is 32.7 Å². The minimum absolute atomic E-state index is 0. The predicted octanol–water partition coefficient (Wildman–Crippen LogP) is 1.89. The van der Waals surface area contributed by atoms with Crippen LogP contribution in [0.4, 0.5) is 0 Å². The standard InChI is InChI=1S/C12H22N2.ClH/c1-11(2-3-11)9-14-7-5-12(10-14)4-6-13-8-12;/h13H,2-10H2,1H3;1H. The summed E-state index contributed by atoms with van der Waals surface area (Å²) in [7, 11) is 0. The third-order valence-electron chi connectivity index (χ3n) is 4.56. The zero-order valence-corrected chi connectivity index (χ0v) is 10.5. The maximum atomic E-state index is 3.53. The molecule has 3 fully saturated rings. The molecule has 1 spiro atoms. The van der Waals surface area contributed by atoms with E-state index in [-0.39, 0.29) is 12.4 Å². The first-order valence-electron chi connectivity index (χ1n) is 6.13. The van der Waals surface area contributed by atoms with E-state index in [1.54, 1.807) is 0 Å². The Kier molecular flexibility index (Phi) is 3.04. The van der Waals surface area contributed by atoms with Gasteiger partial charge in [-0.2, -0.15) is 0 Å². The molecular weight excluding hydrogens is 208 g/mol. The van der Waals surface area contributed by atoms with E-state index in [4.69, 9.17) is 0 Å². The average Bonchev–Trinajstić information content (AvgIpc) is 2.65. The highest BCUT2D eigenvalue weighted by atomic mass is 35.5. The summed E-state index contributed by atoms with van der Waals surface area (Å²) in [5, 5.41) is 3.53. The molecule has 1 unspecified atom stereocenters. The smallest absolute Gasteiger partial charge is 0.00513 e. The molecule has 0 bridgehead atoms. The minimum atomic E-state index is 0. The van der Waals surface area contributed by atoms with Gasteiger partial charge in [0.05, 0.1) is 0 Å². The van der Waals surface area contributed by atoms with Gasteiger partial charge < -0.3 is 10.2 Å². The van der Waals surface area contributed by atoms with Crippen molar-refractivity contribution in [3.63, 3.8) is 0 Å². The molecule has 0 aromatic heterocycles. The normalized spacial score (nSPS) is 38.2. The molecule has 2 saturated heterocycles. The molecule has 3 aliphatic rings. The number of likely N-dealkylation sites (tertiary alicyclic amines) is 1. The summed E-state index contributed by atoms with van der Waals surface area (Å²) in [4.78, 5) is 2.72. The molecule has 1 aliphatic carbocycles. The van der Waals surface area contributed by atoms with Gasteiger partial charge in [0.2, 0.25) is 0 Å². The molecule has 3 rings (SSSR count). The third kappa shape index (κ3) is 2.32. The van der Waals surface area contributed by atoms with Crippen LogP contribution in [-0.4, -0.2) is 37.6 Å². The van der Waals surface area contributed by atoms with E-state index in [0.717, 1.165) is 0 Å². The molecule has 1 N–H and O–H groups in total. The average molecular weight is 231 g/mol. The number of halogens is 1. The third-order valence-corrected chi connectivity index (χ3v) is 4.56. The lowest BCUT2D eigenvalue weighted by atomic mass is 9.86. The van der Waals surface area contributed by atoms with E-state index in [1.807, 2.05) is 0 Å². The van der Waals surface area contributed by atoms with Gasteiger partial charge in [0, 0.05) is 19.6 Å². The van der Waals surface area contributed by atoms with Gasteiger partial charge in [-0.3, -0.25) is 0 Å². The highest BCUT2D eigenvalue weighted by Crippen LogP contribution is 2.47. The molecule has 15 heavy (non-hydrogen) atoms. The molecule has 0 aromatic carbocycles. The molecule has 2 heterocycles. The second-order valence-electron chi connectivity index (χ2n) is 6.20. The van der Waals surface area contributed by atoms with Crippen molar-refractivity contribution >= 4 is 12.4 Å². The highest BCUT2D eigenvalue weighted by Gasteiger charge is 2.44. The molecule has 3 heteroatoms. The van der Waals surface area contributed by atoms with Gasteiger partial charge in [-0.1, -0.05) is 6.92 Å². The van der Waals surface area contributed by atoms with Gasteiger partial charge in [0.25, 0.3) is 0 Å². The van der Waals surface area contributed by atoms with E-state index in [0.29, 0.717) is 10.8 Å². The number of nitrogens with zero attached hydrogens (tertiary/aromatic N) is 1. The van der Waals surface area contributed by atoms with Crippen LogP contribution >= 0.6 is 12.4 Å². The Morgan fingerprint density at radius 1 is 1.20 bits per heavy atom. The van der Waals surface area contributed by atoms with E-state index >= 15 is 0 Å². The molecule has 2 nitrogen and oxygen atoms in total. The molecular formula is C12H23ClN2. The van der Waals surface area contributed by atoms with Crippen LogP contribution in [0.5, 0.6) is 0 Å². The fourth-order valence-corrected chi connectivity index (χ4v) is 3.22. The van der Waals surface area contributed by atoms with Crippen LogP contribution in [0.25, 0.3) is 0 Å². The van der Waals surface area contributed by atoms with Crippen LogP contribution in [-0.2, 0) is 0 Å². The molecule has 1 saturated carbocycles. The number of rotatable bonds is 2. The Morgan fingerprint density at radius 2 is 2.00 bits per heavy atom. The quantitative estimate of drug-likeness (QED) is 0.780. The van der Waals surface area contributed by atoms with Crippen LogP contribution in [0.3, 0.4) is 0 Å². The van der Waals surface area contributed by atoms with E-state index in [1.165, 1.54) is 58.4 Å². The van der Waals surface area contributed by atoms with Crippen molar-refractivity contribution in [2.45, 2.75) is 32.6 Å². The van der Waals surface area contributed by atoms with Crippen LogP contribution < -0.4 is 5.32 Å². The highest BCUT2D eigenvalue weighted by molar-refractivity contribution is 5.85. The van der Waals surface area contributed by atoms with Crippen molar-refractivity contribution < 1.29 is 0 Å². The first-order chi connectivity index (χ1) is 6.70. The van der Waals surface area contributed by atoms with Gasteiger partial charge in [-0.05, 0) is 49.6 Å². The molecule has 88 valence electrons. The Balaban J connectivity index is 0.000000853. The predicted molar refractivity (Wildman–Crippen MR) is 65.6 cm³/mol. The Hall–Kier alpha value is 0.210. The number of hydrogen-bond donors (Lipinski definition) is 1. The maximum absolute atomic E-state index is 3.53. The summed E-state index contributed by atoms with van der Waals surface area (Å²) in [6.45, 7) is 9.08. The largest absolute Gasteiger partial charge is 0.316 e. The summed E-state index contributed by atoms with van der Waals surface area (Å²) in [5.74, 6) is 0. The Labute approximate surface area is 99.2 Å². The van der Waals surface area contributed by atoms with Gasteiger partial charge in [0.15, 0.2) is 0 Å². The molecule has 0 radical (unpaired) electrons. The molecule has 0 aromatic rings. The first kappa shape index (κ1) is 11.7. The lowest BCUT2D eigenvalue weighted by Gasteiger charge is -2.24. The van der Waals surface area contributed by atoms with Crippen molar-refractivity contribution in [3.8, 4) is 0 Å². The summed E-state index contributed by atoms with van der Waals surface area (Å²) >= 11 is 0. The van der Waals surface area contributed by atoms with Crippen LogP contribution in [0.1, 0.15) is 32.6 Å². The SMILES string of the molecule is CC1(CN2CCC3(CCNC3)C2)CC1.Cl. The summed E-state index contributed by atoms with van der Waals surface area (Å²) in [6.07, 6.45) is 5.79. The van der Waals surface area contributed by atoms with E-state index < -0.39 is 0 Å². The maximum Gasteiger partial charge on any atom is 0.00513 e. The fourth-order valence-electron chi connectivity index (χ4n) is 3.22. The summed E-state index contributed by atoms with van der Waals surface area (Å²) < 4.78 is 0. The lowest BCUT2D eigenvalue weighted by Crippen LogP contribution is -2.32. The lowest BCUT2D eigenvalue weighted by molar-refractivity contribution is 0.238. The Morgan fingerprint density at radius 3 is 2.60 bits per heavy atom. The van der Waals surface area contributed by atoms with Crippen LogP contribution in [0.15, 0.2) is 0 Å².